The van der Waals surface area contributed by atoms with Gasteiger partial charge in [-0.2, -0.15) is 0 Å². The molecular weight excluding hydrogens is 316 g/mol. The summed E-state index contributed by atoms with van der Waals surface area (Å²) in [6.07, 6.45) is 0. The Morgan fingerprint density at radius 3 is 2.25 bits per heavy atom. The third-order valence-electron chi connectivity index (χ3n) is 3.66. The van der Waals surface area contributed by atoms with Crippen LogP contribution >= 0.6 is 0 Å². The molecule has 124 valence electrons. The first kappa shape index (κ1) is 15.5. The van der Waals surface area contributed by atoms with E-state index >= 15 is 0 Å². The van der Waals surface area contributed by atoms with Crippen molar-refractivity contribution in [3.05, 3.63) is 40.6 Å². The first-order valence-electron chi connectivity index (χ1n) is 6.91. The predicted octanol–water partition coefficient (Wildman–Crippen LogP) is 2.59. The Morgan fingerprint density at radius 1 is 1.00 bits per heavy atom. The van der Waals surface area contributed by atoms with Gasteiger partial charge >= 0.3 is 0 Å². The second-order valence-electron chi connectivity index (χ2n) is 4.99. The molecular formula is C17H14O7. The molecule has 0 aliphatic carbocycles. The number of hydrogen-bond acceptors (Lipinski definition) is 7. The summed E-state index contributed by atoms with van der Waals surface area (Å²) in [5.74, 6) is -1.21. The van der Waals surface area contributed by atoms with Gasteiger partial charge in [-0.15, -0.1) is 0 Å². The predicted molar refractivity (Wildman–Crippen MR) is 86.0 cm³/mol. The van der Waals surface area contributed by atoms with Crippen LogP contribution < -0.4 is 14.9 Å². The highest BCUT2D eigenvalue weighted by Gasteiger charge is 2.23. The molecule has 7 heteroatoms. The van der Waals surface area contributed by atoms with Crippen molar-refractivity contribution in [1.29, 1.82) is 0 Å². The van der Waals surface area contributed by atoms with E-state index in [1.807, 2.05) is 0 Å². The minimum atomic E-state index is -0.703. The first-order chi connectivity index (χ1) is 11.5. The zero-order valence-electron chi connectivity index (χ0n) is 12.9. The molecule has 0 radical (unpaired) electrons. The van der Waals surface area contributed by atoms with Crippen LogP contribution in [-0.2, 0) is 0 Å². The average molecular weight is 330 g/mol. The van der Waals surface area contributed by atoms with Crippen LogP contribution in [0, 0.1) is 0 Å². The largest absolute Gasteiger partial charge is 0.504 e. The van der Waals surface area contributed by atoms with Crippen molar-refractivity contribution >= 4 is 11.0 Å². The quantitative estimate of drug-likeness (QED) is 0.633. The lowest BCUT2D eigenvalue weighted by molar-refractivity contribution is 0.331. The van der Waals surface area contributed by atoms with E-state index in [4.69, 9.17) is 13.9 Å². The van der Waals surface area contributed by atoms with Crippen molar-refractivity contribution in [1.82, 2.24) is 0 Å². The van der Waals surface area contributed by atoms with Gasteiger partial charge in [0.2, 0.25) is 5.43 Å². The van der Waals surface area contributed by atoms with Crippen LogP contribution in [0.5, 0.6) is 28.9 Å². The summed E-state index contributed by atoms with van der Waals surface area (Å²) in [5.41, 5.74) is -0.642. The number of rotatable bonds is 3. The fourth-order valence-corrected chi connectivity index (χ4v) is 2.46. The zero-order valence-corrected chi connectivity index (χ0v) is 12.9. The van der Waals surface area contributed by atoms with E-state index < -0.39 is 22.9 Å². The molecule has 1 aromatic heterocycles. The fraction of sp³-hybridized carbons (Fsp3) is 0.118. The summed E-state index contributed by atoms with van der Waals surface area (Å²) in [7, 11) is 2.81. The molecule has 0 atom stereocenters. The smallest absolute Gasteiger partial charge is 0.294 e. The molecule has 1 heterocycles. The number of methoxy groups -OCH3 is 2. The molecule has 0 unspecified atom stereocenters. The highest BCUT2D eigenvalue weighted by Crippen LogP contribution is 2.41. The van der Waals surface area contributed by atoms with E-state index in [0.717, 1.165) is 6.07 Å². The molecule has 0 amide bonds. The third-order valence-corrected chi connectivity index (χ3v) is 3.66. The van der Waals surface area contributed by atoms with Gasteiger partial charge < -0.3 is 29.2 Å². The Bertz CT molecular complexity index is 971. The monoisotopic (exact) mass is 330 g/mol. The number of fused-ring (bicyclic) bond motifs is 1. The maximum Gasteiger partial charge on any atom is 0.294 e. The molecule has 0 bridgehead atoms. The molecule has 0 saturated heterocycles. The van der Waals surface area contributed by atoms with E-state index in [1.165, 1.54) is 14.2 Å². The second kappa shape index (κ2) is 5.69. The van der Waals surface area contributed by atoms with Crippen LogP contribution in [0.2, 0.25) is 0 Å². The fourth-order valence-electron chi connectivity index (χ4n) is 2.46. The van der Waals surface area contributed by atoms with Crippen LogP contribution in [0.15, 0.2) is 39.5 Å². The topological polar surface area (TPSA) is 109 Å². The van der Waals surface area contributed by atoms with E-state index in [9.17, 15) is 20.1 Å². The highest BCUT2D eigenvalue weighted by molar-refractivity contribution is 5.94. The third kappa shape index (κ3) is 2.26. The van der Waals surface area contributed by atoms with Gasteiger partial charge in [0.15, 0.2) is 22.8 Å². The Labute approximate surface area is 135 Å². The minimum Gasteiger partial charge on any atom is -0.504 e. The Balaban J connectivity index is 2.38. The van der Waals surface area contributed by atoms with Crippen molar-refractivity contribution in [3.8, 4) is 40.1 Å². The standard InChI is InChI=1S/C17H14O7/c1-22-9-5-3-8(4-6-9)12-15(20)13-14(19)10(18)7-11(23-2)16(13)24-17(12)21/h3-7,18-19,21H,1-2H3. The Kier molecular flexibility index (Phi) is 3.69. The lowest BCUT2D eigenvalue weighted by Gasteiger charge is -2.11. The summed E-state index contributed by atoms with van der Waals surface area (Å²) in [5, 5.41) is 29.7. The van der Waals surface area contributed by atoms with Gasteiger partial charge in [-0.3, -0.25) is 4.79 Å². The van der Waals surface area contributed by atoms with Crippen molar-refractivity contribution < 1.29 is 29.2 Å². The first-order valence-corrected chi connectivity index (χ1v) is 6.91. The van der Waals surface area contributed by atoms with E-state index in [0.29, 0.717) is 11.3 Å². The molecule has 0 aliphatic rings. The SMILES string of the molecule is COc1ccc(-c2c(O)oc3c(OC)cc(O)c(O)c3c2=O)cc1. The molecule has 0 spiro atoms. The molecule has 24 heavy (non-hydrogen) atoms. The number of benzene rings is 2. The summed E-state index contributed by atoms with van der Waals surface area (Å²) in [6.45, 7) is 0. The molecule has 0 fully saturated rings. The number of aromatic hydroxyl groups is 3. The average Bonchev–Trinajstić information content (AvgIpc) is 2.58. The number of phenolic OH excluding ortho intramolecular Hbond substituents is 2. The maximum atomic E-state index is 12.8. The van der Waals surface area contributed by atoms with Gasteiger partial charge in [0.25, 0.3) is 5.95 Å². The molecule has 3 rings (SSSR count). The minimum absolute atomic E-state index is 0.00832. The molecule has 0 aliphatic heterocycles. The molecule has 2 aromatic carbocycles. The summed E-state index contributed by atoms with van der Waals surface area (Å²) >= 11 is 0. The molecule has 3 N–H and O–H groups in total. The van der Waals surface area contributed by atoms with Gasteiger partial charge in [0.1, 0.15) is 16.7 Å². The number of ether oxygens (including phenoxy) is 2. The molecule has 7 nitrogen and oxygen atoms in total. The maximum absolute atomic E-state index is 12.8. The number of hydrogen-bond donors (Lipinski definition) is 3. The summed E-state index contributed by atoms with van der Waals surface area (Å²) in [4.78, 5) is 12.8. The van der Waals surface area contributed by atoms with Crippen molar-refractivity contribution in [2.45, 2.75) is 0 Å². The van der Waals surface area contributed by atoms with Crippen LogP contribution in [0.3, 0.4) is 0 Å². The highest BCUT2D eigenvalue weighted by atomic mass is 16.5. The van der Waals surface area contributed by atoms with Gasteiger partial charge in [-0.25, -0.2) is 0 Å². The van der Waals surface area contributed by atoms with Crippen LogP contribution in [-0.4, -0.2) is 29.5 Å². The number of phenols is 2. The zero-order chi connectivity index (χ0) is 17.4. The normalized spacial score (nSPS) is 10.8. The lowest BCUT2D eigenvalue weighted by atomic mass is 10.0. The second-order valence-corrected chi connectivity index (χ2v) is 4.99. The van der Waals surface area contributed by atoms with Crippen molar-refractivity contribution in [2.24, 2.45) is 0 Å². The molecule has 3 aromatic rings. The van der Waals surface area contributed by atoms with Gasteiger partial charge in [-0.1, -0.05) is 12.1 Å². The van der Waals surface area contributed by atoms with Crippen molar-refractivity contribution in [2.75, 3.05) is 14.2 Å². The molecule has 0 saturated carbocycles. The van der Waals surface area contributed by atoms with E-state index in [1.54, 1.807) is 24.3 Å². The van der Waals surface area contributed by atoms with Crippen LogP contribution in [0.25, 0.3) is 22.1 Å². The van der Waals surface area contributed by atoms with E-state index in [2.05, 4.69) is 0 Å². The van der Waals surface area contributed by atoms with Crippen molar-refractivity contribution in [3.63, 3.8) is 0 Å². The van der Waals surface area contributed by atoms with Gasteiger partial charge in [-0.05, 0) is 17.7 Å². The van der Waals surface area contributed by atoms with E-state index in [-0.39, 0.29) is 22.3 Å². The van der Waals surface area contributed by atoms with Crippen LogP contribution in [0.1, 0.15) is 0 Å². The summed E-state index contributed by atoms with van der Waals surface area (Å²) < 4.78 is 15.3. The van der Waals surface area contributed by atoms with Gasteiger partial charge in [0.05, 0.1) is 14.2 Å². The van der Waals surface area contributed by atoms with Crippen LogP contribution in [0.4, 0.5) is 0 Å². The Morgan fingerprint density at radius 2 is 1.67 bits per heavy atom. The van der Waals surface area contributed by atoms with Gasteiger partial charge in [0, 0.05) is 6.07 Å². The summed E-state index contributed by atoms with van der Waals surface area (Å²) in [6, 6.07) is 7.44. The lowest BCUT2D eigenvalue weighted by Crippen LogP contribution is -2.06. The Hall–Kier alpha value is -3.35.